The molecule has 10 fully saturated rings. The number of aryl methyl sites for hydroxylation is 6. The maximum Gasteiger partial charge on any atom is 0.294 e. The molecule has 6 aromatic heterocycles. The Morgan fingerprint density at radius 3 is 1.12 bits per heavy atom. The second-order valence-electron chi connectivity index (χ2n) is 46.6. The van der Waals surface area contributed by atoms with Crippen molar-refractivity contribution in [3.8, 4) is 5.75 Å². The van der Waals surface area contributed by atoms with Gasteiger partial charge in [0, 0.05) is 212 Å². The first-order chi connectivity index (χ1) is 71.0. The van der Waals surface area contributed by atoms with Gasteiger partial charge in [-0.3, -0.25) is 33.6 Å². The number of piperidine rings is 8. The highest BCUT2D eigenvalue weighted by atomic mass is 32.2. The smallest absolute Gasteiger partial charge is 0.294 e. The number of nitrogens with zero attached hydrogens (tertiary/aromatic N) is 6. The van der Waals surface area contributed by atoms with Crippen LogP contribution in [-0.2, 0) is 63.0 Å². The monoisotopic (exact) mass is 1980 g/mol. The van der Waals surface area contributed by atoms with Gasteiger partial charge >= 0.3 is 0 Å². The molecule has 37 rings (SSSR count). The number of aliphatic hydroxyl groups is 1. The molecule has 3 amide bonds. The Hall–Kier alpha value is -12.6. The Bertz CT molecular complexity index is 7630. The molecule has 21 heteroatoms. The Morgan fingerprint density at radius 1 is 0.374 bits per heavy atom. The standard InChI is InChI=1S/C20H22N2O2.2C20H20N2O.2C20H22N2.C19H24N2O.C7H8O3S/c1-3-20(24)9-12-7-15-18-14(8-17(23)22(10-12)19(15)20)13-6-11(2)4-5-16(13)21-18;2*1-3-13-7-12-8-16-19-15(9-18(23)22(10-12)20(13)16)14-6-11(2)4-5-17(14)21-19;2*1-3-14-9-13-10-17-19-15(6-7-22(11-13)20(14)17)16-8-12(2)4-5-18(16)21-19;1-2-12-7-11-8-16-18-14(5-6-21(10-11)19(12)16)15-9-13(22)3-4-17(15)20-18;1-6-2-4-7(5-3-6)11(8,9)10/h3-6,12,15,19,21,24H,1,7-10H2,2H3;2*3-7,12,16,20-21H,1,8-10H2,2H3;2*3-5,8-9,13,17,20-21H,1,6-7,10-11H2,2H3;3-4,9,11-12,16,19-20,22H,2,5-8,10H2,1H3;2-5H,1H3,(H,8,9,10)/t;;;;;11?,12-,16?,19?;/m.....0./s1. The number of aromatic hydroxyl groups is 1. The molecule has 0 spiro atoms. The number of hydrogen-bond donors (Lipinski definition) is 9. The van der Waals surface area contributed by atoms with Gasteiger partial charge < -0.3 is 54.8 Å². The molecule has 22 unspecified atom stereocenters. The van der Waals surface area contributed by atoms with E-state index in [2.05, 4.69) is 256 Å². The number of H-pyrrole nitrogens is 6. The number of carbonyl (C=O) groups is 3. The molecule has 756 valence electrons. The number of carbonyl (C=O) groups excluding carboxylic acids is 3. The summed E-state index contributed by atoms with van der Waals surface area (Å²) in [5, 5.41) is 28.8. The van der Waals surface area contributed by atoms with Crippen LogP contribution in [0.3, 0.4) is 0 Å². The highest BCUT2D eigenvalue weighted by Crippen LogP contribution is 2.58. The molecule has 18 aliphatic heterocycles. The van der Waals surface area contributed by atoms with Gasteiger partial charge in [0.05, 0.1) is 42.3 Å². The third-order valence-electron chi connectivity index (χ3n) is 37.7. The second kappa shape index (κ2) is 36.7. The van der Waals surface area contributed by atoms with E-state index in [0.29, 0.717) is 96.3 Å². The summed E-state index contributed by atoms with van der Waals surface area (Å²) in [6.07, 6.45) is 34.9. The van der Waals surface area contributed by atoms with Crippen molar-refractivity contribution < 1.29 is 37.6 Å². The molecule has 2 saturated carbocycles. The topological polar surface area (TPSA) is 260 Å². The minimum absolute atomic E-state index is 0.0666. The predicted octanol–water partition coefficient (Wildman–Crippen LogP) is 22.3. The van der Waals surface area contributed by atoms with Crippen molar-refractivity contribution in [1.82, 2.24) is 59.3 Å². The van der Waals surface area contributed by atoms with Crippen LogP contribution >= 0.6 is 0 Å². The average Bonchev–Trinajstić information content (AvgIpc) is 1.56. The first-order valence-corrected chi connectivity index (χ1v) is 55.7. The predicted molar refractivity (Wildman–Crippen MR) is 587 cm³/mol. The van der Waals surface area contributed by atoms with Crippen LogP contribution < -0.4 is 0 Å². The van der Waals surface area contributed by atoms with Gasteiger partial charge in [-0.25, -0.2) is 0 Å². The number of rotatable bonds is 7. The zero-order valence-corrected chi connectivity index (χ0v) is 86.7. The fourth-order valence-corrected chi connectivity index (χ4v) is 32.1. The lowest BCUT2D eigenvalue weighted by molar-refractivity contribution is -0.155. The lowest BCUT2D eigenvalue weighted by Gasteiger charge is -2.56. The number of fused-ring (bicyclic) bond motifs is 20. The number of phenolic OH excluding ortho intramolecular Hbond substituents is 1. The third kappa shape index (κ3) is 16.3. The molecular weight excluding hydrogens is 1840 g/mol. The highest BCUT2D eigenvalue weighted by Gasteiger charge is 2.59. The number of aromatic nitrogens is 6. The van der Waals surface area contributed by atoms with Crippen LogP contribution in [0, 0.1) is 83.0 Å². The molecule has 23 atom stereocenters. The van der Waals surface area contributed by atoms with Gasteiger partial charge in [0.25, 0.3) is 10.1 Å². The Balaban J connectivity index is 0.0000000900. The number of amides is 3. The number of nitrogens with one attached hydrogen (secondary N) is 6. The van der Waals surface area contributed by atoms with E-state index in [4.69, 9.17) is 4.55 Å². The molecule has 6 aliphatic carbocycles. The highest BCUT2D eigenvalue weighted by molar-refractivity contribution is 7.85. The summed E-state index contributed by atoms with van der Waals surface area (Å²) in [4.78, 5) is 75.2. The minimum Gasteiger partial charge on any atom is -0.508 e. The summed E-state index contributed by atoms with van der Waals surface area (Å²) >= 11 is 0. The SMILES string of the molecule is C=CC1(O)CC2CC3c4[nH]c5ccc(C)cc5c4CC(=O)N(C2)C31.C=CC1=CC2CC3c4[nH]c5ccc(C)cc5c4CC(=O)N(C2)C13.C=CC1=CC2CC3c4[nH]c5ccc(C)cc5c4CC(=O)N(C2)C13.C=CC1=CC2CC3c4[nH]c5ccc(C)cc5c4CCN(C2)C13.C=CC1=CC2CC3c4[nH]c5ccc(C)cc5c4CCN(C2)C13.CC[C@H]1CC2CC3c4[nH]c5ccc(O)cc5c4CCN(C2)C31.Cc1ccc(S(=O)(=O)O)cc1. The van der Waals surface area contributed by atoms with Crippen LogP contribution in [0.1, 0.15) is 201 Å². The molecular formula is C126H138N12O8S. The molecule has 20 nitrogen and oxygen atoms in total. The van der Waals surface area contributed by atoms with E-state index < -0.39 is 15.7 Å². The van der Waals surface area contributed by atoms with Gasteiger partial charge in [0.1, 0.15) is 11.4 Å². The summed E-state index contributed by atoms with van der Waals surface area (Å²) < 4.78 is 29.6. The summed E-state index contributed by atoms with van der Waals surface area (Å²) in [5.74, 6) is 8.25. The van der Waals surface area contributed by atoms with E-state index in [0.717, 1.165) is 108 Å². The van der Waals surface area contributed by atoms with Crippen LogP contribution in [0.5, 0.6) is 5.75 Å². The number of benzene rings is 7. The van der Waals surface area contributed by atoms with Gasteiger partial charge in [-0.2, -0.15) is 8.42 Å². The van der Waals surface area contributed by atoms with Crippen LogP contribution in [0.2, 0.25) is 0 Å². The van der Waals surface area contributed by atoms with Crippen molar-refractivity contribution in [3.63, 3.8) is 0 Å². The van der Waals surface area contributed by atoms with Crippen molar-refractivity contribution in [3.05, 3.63) is 344 Å². The largest absolute Gasteiger partial charge is 0.508 e. The van der Waals surface area contributed by atoms with Crippen molar-refractivity contribution >= 4 is 93.3 Å². The molecule has 0 radical (unpaired) electrons. The van der Waals surface area contributed by atoms with Gasteiger partial charge in [-0.05, 0) is 300 Å². The second-order valence-corrected chi connectivity index (χ2v) is 48.0. The zero-order valence-electron chi connectivity index (χ0n) is 85.8. The quantitative estimate of drug-likeness (QED) is 0.0535. The minimum atomic E-state index is -4.02. The number of hydrogen-bond acceptors (Lipinski definition) is 10. The molecule has 7 aromatic carbocycles. The molecule has 147 heavy (non-hydrogen) atoms. The van der Waals surface area contributed by atoms with Gasteiger partial charge in [0.15, 0.2) is 0 Å². The maximum atomic E-state index is 13.0. The number of aromatic amines is 6. The fourth-order valence-electron chi connectivity index (χ4n) is 31.7. The lowest BCUT2D eigenvalue weighted by Crippen LogP contribution is -2.65. The Morgan fingerprint density at radius 2 is 0.714 bits per heavy atom. The van der Waals surface area contributed by atoms with Gasteiger partial charge in [-0.1, -0.05) is 170 Å². The van der Waals surface area contributed by atoms with E-state index in [1.807, 2.05) is 36.1 Å². The Kier molecular flexibility index (Phi) is 23.8. The van der Waals surface area contributed by atoms with Gasteiger partial charge in [0.2, 0.25) is 17.7 Å². The summed E-state index contributed by atoms with van der Waals surface area (Å²) in [7, 11) is -4.02. The van der Waals surface area contributed by atoms with Crippen molar-refractivity contribution in [2.75, 3.05) is 58.9 Å². The van der Waals surface area contributed by atoms with Gasteiger partial charge in [-0.15, -0.1) is 6.58 Å². The molecule has 13 aromatic rings. The molecule has 8 saturated heterocycles. The summed E-state index contributed by atoms with van der Waals surface area (Å²) in [6, 6.07) is 46.7. The zero-order chi connectivity index (χ0) is 101. The third-order valence-corrected chi connectivity index (χ3v) is 38.5. The maximum absolute atomic E-state index is 13.0. The molecule has 24 bridgehead atoms. The molecule has 9 N–H and O–H groups in total. The fraction of sp³-hybridized carbons (Fsp3) is 0.405. The van der Waals surface area contributed by atoms with E-state index >= 15 is 0 Å². The number of phenols is 1. The first kappa shape index (κ1) is 95.3. The van der Waals surface area contributed by atoms with Crippen molar-refractivity contribution in [1.29, 1.82) is 0 Å². The molecule has 24 aliphatic rings. The van der Waals surface area contributed by atoms with E-state index in [1.165, 1.54) is 235 Å². The van der Waals surface area contributed by atoms with E-state index in [1.54, 1.807) is 35.4 Å². The summed E-state index contributed by atoms with van der Waals surface area (Å²) in [5.41, 5.74) is 35.4. The summed E-state index contributed by atoms with van der Waals surface area (Å²) in [6.45, 7) is 44.7. The van der Waals surface area contributed by atoms with Crippen molar-refractivity contribution in [2.24, 2.45) is 41.4 Å². The normalized spacial score (nSPS) is 30.6. The van der Waals surface area contributed by atoms with Crippen LogP contribution in [0.25, 0.3) is 65.4 Å². The van der Waals surface area contributed by atoms with Crippen LogP contribution in [0.4, 0.5) is 0 Å². The van der Waals surface area contributed by atoms with E-state index in [9.17, 15) is 33.0 Å². The van der Waals surface area contributed by atoms with Crippen molar-refractivity contribution in [2.45, 2.75) is 227 Å². The first-order valence-electron chi connectivity index (χ1n) is 54.3. The van der Waals surface area contributed by atoms with Crippen LogP contribution in [-0.4, -0.2) is 201 Å². The average molecular weight is 1980 g/mol. The Labute approximate surface area is 861 Å². The van der Waals surface area contributed by atoms with E-state index in [-0.39, 0.29) is 46.7 Å². The van der Waals surface area contributed by atoms with Crippen LogP contribution in [0.15, 0.2) is 248 Å². The molecule has 24 heterocycles. The lowest BCUT2D eigenvalue weighted by atomic mass is 9.63.